The molecule has 0 radical (unpaired) electrons. The number of ether oxygens (including phenoxy) is 1. The van der Waals surface area contributed by atoms with Crippen LogP contribution in [0, 0.1) is 22.2 Å². The summed E-state index contributed by atoms with van der Waals surface area (Å²) in [5.41, 5.74) is 8.87. The van der Waals surface area contributed by atoms with Gasteiger partial charge in [-0.05, 0) is 68.6 Å². The number of aromatic nitrogens is 2. The Kier molecular flexibility index (Phi) is 8.89. The highest BCUT2D eigenvalue weighted by Crippen LogP contribution is 2.52. The highest BCUT2D eigenvalue weighted by molar-refractivity contribution is 6.01. The van der Waals surface area contributed by atoms with Gasteiger partial charge < -0.3 is 26.3 Å². The molecule has 1 aromatic carbocycles. The number of nitrogens with two attached hydrogens (primary N) is 1. The third-order valence-electron chi connectivity index (χ3n) is 6.88. The first-order chi connectivity index (χ1) is 17.9. The molecule has 1 heterocycles. The van der Waals surface area contributed by atoms with Gasteiger partial charge in [0.05, 0.1) is 42.2 Å². The zero-order valence-corrected chi connectivity index (χ0v) is 22.7. The zero-order chi connectivity index (χ0) is 28.1. The maximum atomic E-state index is 12.9. The van der Waals surface area contributed by atoms with E-state index in [0.29, 0.717) is 24.1 Å². The molecule has 0 saturated heterocycles. The normalized spacial score (nSPS) is 18.4. The summed E-state index contributed by atoms with van der Waals surface area (Å²) in [6.45, 7) is 11.5. The van der Waals surface area contributed by atoms with E-state index in [-0.39, 0.29) is 40.8 Å². The Balaban J connectivity index is 1.91. The molecular weight excluding hydrogens is 480 g/mol. The first-order valence-electron chi connectivity index (χ1n) is 12.9. The van der Waals surface area contributed by atoms with Gasteiger partial charge in [-0.15, -0.1) is 0 Å². The highest BCUT2D eigenvalue weighted by atomic mass is 16.6. The molecule has 0 fully saturated rings. The minimum Gasteiger partial charge on any atom is -0.444 e. The van der Waals surface area contributed by atoms with Gasteiger partial charge in [-0.2, -0.15) is 5.26 Å². The molecule has 9 nitrogen and oxygen atoms in total. The number of alkyl carbamates (subject to hydrolysis) is 1. The van der Waals surface area contributed by atoms with Gasteiger partial charge in [-0.1, -0.05) is 44.2 Å². The second kappa shape index (κ2) is 11.7. The monoisotopic (exact) mass is 518 g/mol. The van der Waals surface area contributed by atoms with Gasteiger partial charge in [0.1, 0.15) is 11.3 Å². The Bertz CT molecular complexity index is 1260. The molecule has 2 atom stereocenters. The van der Waals surface area contributed by atoms with Gasteiger partial charge in [0.15, 0.2) is 5.82 Å². The van der Waals surface area contributed by atoms with Gasteiger partial charge in [0.25, 0.3) is 0 Å². The van der Waals surface area contributed by atoms with E-state index in [9.17, 15) is 9.90 Å². The molecule has 5 N–H and O–H groups in total. The third kappa shape index (κ3) is 6.37. The number of anilines is 1. The molecule has 0 spiro atoms. The second-order valence-corrected chi connectivity index (χ2v) is 10.9. The molecule has 0 bridgehead atoms. The van der Waals surface area contributed by atoms with Crippen molar-refractivity contribution in [1.29, 1.82) is 10.7 Å². The van der Waals surface area contributed by atoms with Crippen molar-refractivity contribution in [1.82, 2.24) is 15.3 Å². The Hall–Kier alpha value is -3.77. The number of nitrogens with one attached hydrogen (secondary N) is 2. The number of aliphatic hydroxyl groups excluding tert-OH is 1. The van der Waals surface area contributed by atoms with Crippen LogP contribution in [0.2, 0.25) is 0 Å². The smallest absolute Gasteiger partial charge is 0.408 e. The molecule has 3 rings (SSSR count). The number of allylic oxidation sites excluding steroid dienone is 1. The number of nitriles is 1. The van der Waals surface area contributed by atoms with Crippen LogP contribution in [-0.4, -0.2) is 32.5 Å². The van der Waals surface area contributed by atoms with Crippen LogP contribution < -0.4 is 11.1 Å². The summed E-state index contributed by atoms with van der Waals surface area (Å²) in [4.78, 5) is 21.6. The van der Waals surface area contributed by atoms with Gasteiger partial charge >= 0.3 is 6.09 Å². The lowest BCUT2D eigenvalue weighted by Crippen LogP contribution is -2.41. The SMILES string of the molecule is C=C(CCC1(CCC)Cc2ccccc2[C@H]1NC(=O)OC(C)(C)C)c1nc(N)c(C(=N)CC#N)nc1CO. The predicted molar refractivity (Wildman–Crippen MR) is 147 cm³/mol. The molecule has 1 amide bonds. The molecular formula is C29H38N6O3. The number of aliphatic hydroxyl groups is 1. The number of benzene rings is 1. The quantitative estimate of drug-likeness (QED) is 0.313. The third-order valence-corrected chi connectivity index (χ3v) is 6.88. The van der Waals surface area contributed by atoms with Crippen molar-refractivity contribution in [3.8, 4) is 6.07 Å². The summed E-state index contributed by atoms with van der Waals surface area (Å²) in [6, 6.07) is 9.85. The fourth-order valence-corrected chi connectivity index (χ4v) is 5.31. The Labute approximate surface area is 224 Å². The number of fused-ring (bicyclic) bond motifs is 1. The number of nitrogen functional groups attached to an aromatic ring is 1. The largest absolute Gasteiger partial charge is 0.444 e. The number of carbonyl (C=O) groups excluding carboxylic acids is 1. The maximum absolute atomic E-state index is 12.9. The lowest BCUT2D eigenvalue weighted by Gasteiger charge is -2.37. The van der Waals surface area contributed by atoms with Gasteiger partial charge in [-0.25, -0.2) is 14.8 Å². The van der Waals surface area contributed by atoms with Crippen LogP contribution in [0.15, 0.2) is 30.8 Å². The fraction of sp³-hybridized carbons (Fsp3) is 0.483. The summed E-state index contributed by atoms with van der Waals surface area (Å²) in [5, 5.41) is 30.1. The van der Waals surface area contributed by atoms with Crippen molar-refractivity contribution < 1.29 is 14.6 Å². The number of rotatable bonds is 10. The first-order valence-corrected chi connectivity index (χ1v) is 12.9. The summed E-state index contributed by atoms with van der Waals surface area (Å²) in [6.07, 6.45) is 3.24. The van der Waals surface area contributed by atoms with Crippen LogP contribution in [0.4, 0.5) is 10.6 Å². The maximum Gasteiger partial charge on any atom is 0.408 e. The summed E-state index contributed by atoms with van der Waals surface area (Å²) < 4.78 is 5.61. The topological polar surface area (TPSA) is 158 Å². The Morgan fingerprint density at radius 1 is 1.32 bits per heavy atom. The minimum absolute atomic E-state index is 0.0274. The van der Waals surface area contributed by atoms with Crippen molar-refractivity contribution in [2.75, 3.05) is 5.73 Å². The van der Waals surface area contributed by atoms with Crippen molar-refractivity contribution >= 4 is 23.2 Å². The molecule has 1 aliphatic rings. The van der Waals surface area contributed by atoms with Crippen LogP contribution in [0.1, 0.15) is 94.0 Å². The van der Waals surface area contributed by atoms with E-state index >= 15 is 0 Å². The van der Waals surface area contributed by atoms with E-state index in [1.54, 1.807) is 0 Å². The number of hydrogen-bond donors (Lipinski definition) is 4. The molecule has 202 valence electrons. The average Bonchev–Trinajstić information content (AvgIpc) is 3.14. The molecule has 0 aliphatic heterocycles. The average molecular weight is 519 g/mol. The minimum atomic E-state index is -0.612. The number of carbonyl (C=O) groups is 1. The standard InChI is InChI=1S/C29H38N6O3/c1-6-13-29(16-19-9-7-8-10-20(19)25(29)35-27(37)38-28(3,4)5)14-11-18(2)23-22(17-36)33-24(26(32)34-23)21(31)12-15-30/h7-10,25,31,36H,2,6,11-14,16-17H2,1,3-5H3,(H2,32,34)(H,35,37)/t25-,29?/m1/s1. The fourth-order valence-electron chi connectivity index (χ4n) is 5.31. The van der Waals surface area contributed by atoms with Gasteiger partial charge in [0, 0.05) is 0 Å². The van der Waals surface area contributed by atoms with Crippen LogP contribution >= 0.6 is 0 Å². The van der Waals surface area contributed by atoms with Gasteiger partial charge in [0.2, 0.25) is 0 Å². The van der Waals surface area contributed by atoms with E-state index < -0.39 is 18.3 Å². The zero-order valence-electron chi connectivity index (χ0n) is 22.7. The number of amides is 1. The van der Waals surface area contributed by atoms with Gasteiger partial charge in [-0.3, -0.25) is 0 Å². The van der Waals surface area contributed by atoms with E-state index in [1.807, 2.05) is 39.0 Å². The molecule has 2 aromatic rings. The van der Waals surface area contributed by atoms with E-state index in [0.717, 1.165) is 24.8 Å². The molecule has 1 aliphatic carbocycles. The van der Waals surface area contributed by atoms with Crippen LogP contribution in [0.25, 0.3) is 5.57 Å². The lowest BCUT2D eigenvalue weighted by atomic mass is 9.72. The first kappa shape index (κ1) is 28.8. The van der Waals surface area contributed by atoms with Crippen molar-refractivity contribution in [3.63, 3.8) is 0 Å². The number of hydrogen-bond acceptors (Lipinski definition) is 8. The molecule has 38 heavy (non-hydrogen) atoms. The molecule has 0 saturated carbocycles. The lowest BCUT2D eigenvalue weighted by molar-refractivity contribution is 0.0435. The summed E-state index contributed by atoms with van der Waals surface area (Å²) in [5.74, 6) is 0.0274. The molecule has 9 heteroatoms. The number of nitrogens with zero attached hydrogens (tertiary/aromatic N) is 3. The molecule has 1 unspecified atom stereocenters. The second-order valence-electron chi connectivity index (χ2n) is 10.9. The molecule has 1 aromatic heterocycles. The van der Waals surface area contributed by atoms with E-state index in [4.69, 9.17) is 21.1 Å². The highest BCUT2D eigenvalue weighted by Gasteiger charge is 2.46. The van der Waals surface area contributed by atoms with E-state index in [1.165, 1.54) is 5.56 Å². The Morgan fingerprint density at radius 2 is 2.03 bits per heavy atom. The van der Waals surface area contributed by atoms with Crippen LogP contribution in [-0.2, 0) is 17.8 Å². The summed E-state index contributed by atoms with van der Waals surface area (Å²) >= 11 is 0. The summed E-state index contributed by atoms with van der Waals surface area (Å²) in [7, 11) is 0. The van der Waals surface area contributed by atoms with Crippen LogP contribution in [0.5, 0.6) is 0 Å². The predicted octanol–water partition coefficient (Wildman–Crippen LogP) is 5.23. The van der Waals surface area contributed by atoms with Crippen molar-refractivity contribution in [3.05, 3.63) is 59.1 Å². The van der Waals surface area contributed by atoms with Crippen molar-refractivity contribution in [2.24, 2.45) is 5.41 Å². The van der Waals surface area contributed by atoms with E-state index in [2.05, 4.69) is 40.9 Å². The van der Waals surface area contributed by atoms with Crippen LogP contribution in [0.3, 0.4) is 0 Å². The Morgan fingerprint density at radius 3 is 2.66 bits per heavy atom. The van der Waals surface area contributed by atoms with Crippen molar-refractivity contribution in [2.45, 2.75) is 84.5 Å².